The maximum Gasteiger partial charge on any atom is 0.227 e. The van der Waals surface area contributed by atoms with Crippen LogP contribution in [0.5, 0.6) is 0 Å². The first-order valence-corrected chi connectivity index (χ1v) is 7.50. The van der Waals surface area contributed by atoms with Crippen LogP contribution in [0.1, 0.15) is 26.7 Å². The Balaban J connectivity index is 1.58. The third-order valence-electron chi connectivity index (χ3n) is 4.85. The summed E-state index contributed by atoms with van der Waals surface area (Å²) in [5, 5.41) is 3.68. The Morgan fingerprint density at radius 2 is 1.84 bits per heavy atom. The minimum absolute atomic E-state index is 0.123. The fraction of sp³-hybridized carbons (Fsp3) is 0.562. The number of carbonyl (C=O) groups is 1. The van der Waals surface area contributed by atoms with Gasteiger partial charge in [0.05, 0.1) is 0 Å². The Labute approximate surface area is 119 Å². The Kier molecular flexibility index (Phi) is 3.30. The van der Waals surface area contributed by atoms with E-state index < -0.39 is 0 Å². The Bertz CT molecular complexity index is 472. The van der Waals surface area contributed by atoms with Crippen molar-refractivity contribution < 1.29 is 4.79 Å². The van der Waals surface area contributed by atoms with Gasteiger partial charge in [-0.3, -0.25) is 4.79 Å². The molecule has 19 heavy (non-hydrogen) atoms. The van der Waals surface area contributed by atoms with Crippen LogP contribution in [0.3, 0.4) is 0 Å². The van der Waals surface area contributed by atoms with Crippen LogP contribution in [0.4, 0.5) is 5.69 Å². The van der Waals surface area contributed by atoms with E-state index in [9.17, 15) is 4.79 Å². The molecule has 2 fully saturated rings. The molecule has 102 valence electrons. The summed E-state index contributed by atoms with van der Waals surface area (Å²) in [5.41, 5.74) is 0.834. The monoisotopic (exact) mass is 277 g/mol. The summed E-state index contributed by atoms with van der Waals surface area (Å²) in [6.45, 7) is 4.39. The summed E-state index contributed by atoms with van der Waals surface area (Å²) in [4.78, 5) is 12.2. The van der Waals surface area contributed by atoms with Crippen LogP contribution in [0.25, 0.3) is 0 Å². The van der Waals surface area contributed by atoms with E-state index in [1.165, 1.54) is 12.8 Å². The smallest absolute Gasteiger partial charge is 0.227 e. The SMILES string of the molecule is CC1C[C@@H]2C(C(C)C(=O)Nc3ccc(Cl)cc3)[C@@H]2C1. The number of hydrogen-bond donors (Lipinski definition) is 1. The van der Waals surface area contributed by atoms with Crippen LogP contribution >= 0.6 is 11.6 Å². The lowest BCUT2D eigenvalue weighted by Gasteiger charge is -2.15. The fourth-order valence-corrected chi connectivity index (χ4v) is 4.00. The lowest BCUT2D eigenvalue weighted by Crippen LogP contribution is -2.23. The molecule has 0 radical (unpaired) electrons. The largest absolute Gasteiger partial charge is 0.326 e. The van der Waals surface area contributed by atoms with Crippen molar-refractivity contribution in [3.05, 3.63) is 29.3 Å². The van der Waals surface area contributed by atoms with Crippen LogP contribution in [-0.2, 0) is 4.79 Å². The number of rotatable bonds is 3. The lowest BCUT2D eigenvalue weighted by molar-refractivity contribution is -0.120. The molecule has 2 saturated carbocycles. The van der Waals surface area contributed by atoms with Gasteiger partial charge < -0.3 is 5.32 Å². The molecule has 1 aromatic rings. The summed E-state index contributed by atoms with van der Waals surface area (Å²) in [5.74, 6) is 3.36. The first-order chi connectivity index (χ1) is 9.06. The number of benzene rings is 1. The average Bonchev–Trinajstić information content (AvgIpc) is 2.88. The van der Waals surface area contributed by atoms with Gasteiger partial charge in [-0.25, -0.2) is 0 Å². The zero-order valence-corrected chi connectivity index (χ0v) is 12.2. The summed E-state index contributed by atoms with van der Waals surface area (Å²) in [7, 11) is 0. The normalized spacial score (nSPS) is 33.6. The third kappa shape index (κ3) is 2.51. The molecular weight excluding hydrogens is 258 g/mol. The molecule has 0 aromatic heterocycles. The highest BCUT2D eigenvalue weighted by molar-refractivity contribution is 6.30. The average molecular weight is 278 g/mol. The van der Waals surface area contributed by atoms with Crippen molar-refractivity contribution in [2.24, 2.45) is 29.6 Å². The molecule has 2 aliphatic carbocycles. The molecule has 5 atom stereocenters. The standard InChI is InChI=1S/C16H20ClNO/c1-9-7-13-14(8-9)15(13)10(2)16(19)18-12-5-3-11(17)4-6-12/h3-6,9-10,13-15H,7-8H2,1-2H3,(H,18,19)/t9?,10?,13-,14+,15?. The zero-order valence-electron chi connectivity index (χ0n) is 11.4. The Morgan fingerprint density at radius 1 is 1.26 bits per heavy atom. The van der Waals surface area contributed by atoms with Crippen LogP contribution in [0.15, 0.2) is 24.3 Å². The van der Waals surface area contributed by atoms with Gasteiger partial charge in [-0.15, -0.1) is 0 Å². The number of hydrogen-bond acceptors (Lipinski definition) is 1. The predicted octanol–water partition coefficient (Wildman–Crippen LogP) is 4.21. The minimum atomic E-state index is 0.123. The quantitative estimate of drug-likeness (QED) is 0.881. The van der Waals surface area contributed by atoms with E-state index in [-0.39, 0.29) is 11.8 Å². The second kappa shape index (κ2) is 4.82. The molecule has 3 rings (SSSR count). The van der Waals surface area contributed by atoms with Gasteiger partial charge in [0.1, 0.15) is 0 Å². The van der Waals surface area contributed by atoms with E-state index in [0.29, 0.717) is 10.9 Å². The van der Waals surface area contributed by atoms with Crippen molar-refractivity contribution >= 4 is 23.2 Å². The maximum atomic E-state index is 12.2. The fourth-order valence-electron chi connectivity index (χ4n) is 3.87. The highest BCUT2D eigenvalue weighted by atomic mass is 35.5. The van der Waals surface area contributed by atoms with Crippen molar-refractivity contribution in [1.29, 1.82) is 0 Å². The summed E-state index contributed by atoms with van der Waals surface area (Å²) in [6.07, 6.45) is 2.63. The van der Waals surface area contributed by atoms with Crippen molar-refractivity contribution in [3.63, 3.8) is 0 Å². The topological polar surface area (TPSA) is 29.1 Å². The highest BCUT2D eigenvalue weighted by Crippen LogP contribution is 2.62. The molecule has 0 heterocycles. The molecule has 1 N–H and O–H groups in total. The number of anilines is 1. The van der Waals surface area contributed by atoms with Crippen molar-refractivity contribution in [2.45, 2.75) is 26.7 Å². The molecule has 0 bridgehead atoms. The van der Waals surface area contributed by atoms with E-state index in [1.807, 2.05) is 12.1 Å². The van der Waals surface area contributed by atoms with Crippen LogP contribution < -0.4 is 5.32 Å². The molecule has 0 saturated heterocycles. The minimum Gasteiger partial charge on any atom is -0.326 e. The number of halogens is 1. The number of nitrogens with one attached hydrogen (secondary N) is 1. The van der Waals surface area contributed by atoms with Gasteiger partial charge in [-0.05, 0) is 60.8 Å². The third-order valence-corrected chi connectivity index (χ3v) is 5.10. The summed E-state index contributed by atoms with van der Waals surface area (Å²) < 4.78 is 0. The van der Waals surface area contributed by atoms with Gasteiger partial charge in [0.15, 0.2) is 0 Å². The van der Waals surface area contributed by atoms with E-state index in [0.717, 1.165) is 23.4 Å². The molecule has 3 heteroatoms. The number of amides is 1. The van der Waals surface area contributed by atoms with Crippen LogP contribution in [-0.4, -0.2) is 5.91 Å². The lowest BCUT2D eigenvalue weighted by atomic mass is 9.94. The van der Waals surface area contributed by atoms with E-state index in [1.54, 1.807) is 12.1 Å². The van der Waals surface area contributed by atoms with Gasteiger partial charge in [0.2, 0.25) is 5.91 Å². The predicted molar refractivity (Wildman–Crippen MR) is 78.1 cm³/mol. The molecule has 0 aliphatic heterocycles. The summed E-state index contributed by atoms with van der Waals surface area (Å²) >= 11 is 5.84. The van der Waals surface area contributed by atoms with E-state index in [2.05, 4.69) is 19.2 Å². The highest BCUT2D eigenvalue weighted by Gasteiger charge is 2.57. The first kappa shape index (κ1) is 13.0. The molecule has 2 aliphatic rings. The van der Waals surface area contributed by atoms with Gasteiger partial charge >= 0.3 is 0 Å². The molecule has 1 amide bonds. The first-order valence-electron chi connectivity index (χ1n) is 7.12. The van der Waals surface area contributed by atoms with Crippen molar-refractivity contribution in [2.75, 3.05) is 5.32 Å². The van der Waals surface area contributed by atoms with Crippen LogP contribution in [0, 0.1) is 29.6 Å². The second-order valence-corrected chi connectivity index (χ2v) is 6.70. The van der Waals surface area contributed by atoms with Gasteiger partial charge in [-0.1, -0.05) is 25.4 Å². The second-order valence-electron chi connectivity index (χ2n) is 6.27. The van der Waals surface area contributed by atoms with Crippen molar-refractivity contribution in [1.82, 2.24) is 0 Å². The van der Waals surface area contributed by atoms with Gasteiger partial charge in [0, 0.05) is 16.6 Å². The maximum absolute atomic E-state index is 12.2. The number of fused-ring (bicyclic) bond motifs is 1. The number of carbonyl (C=O) groups excluding carboxylic acids is 1. The Hall–Kier alpha value is -1.02. The summed E-state index contributed by atoms with van der Waals surface area (Å²) in [6, 6.07) is 7.30. The zero-order chi connectivity index (χ0) is 13.6. The van der Waals surface area contributed by atoms with E-state index >= 15 is 0 Å². The molecular formula is C16H20ClNO. The molecule has 3 unspecified atom stereocenters. The van der Waals surface area contributed by atoms with Crippen LogP contribution in [0.2, 0.25) is 5.02 Å². The molecule has 1 aromatic carbocycles. The van der Waals surface area contributed by atoms with Gasteiger partial charge in [-0.2, -0.15) is 0 Å². The molecule has 2 nitrogen and oxygen atoms in total. The van der Waals surface area contributed by atoms with Gasteiger partial charge in [0.25, 0.3) is 0 Å². The Morgan fingerprint density at radius 3 is 2.42 bits per heavy atom. The molecule has 0 spiro atoms. The van der Waals surface area contributed by atoms with Crippen molar-refractivity contribution in [3.8, 4) is 0 Å². The van der Waals surface area contributed by atoms with E-state index in [4.69, 9.17) is 11.6 Å².